The van der Waals surface area contributed by atoms with Gasteiger partial charge in [0.1, 0.15) is 5.02 Å². The van der Waals surface area contributed by atoms with Gasteiger partial charge in [-0.1, -0.05) is 43.6 Å². The Morgan fingerprint density at radius 3 is 2.60 bits per heavy atom. The van der Waals surface area contributed by atoms with Crippen molar-refractivity contribution in [3.8, 4) is 0 Å². The third-order valence-electron chi connectivity index (χ3n) is 6.14. The Morgan fingerprint density at radius 1 is 1.14 bits per heavy atom. The number of para-hydroxylation sites is 1. The summed E-state index contributed by atoms with van der Waals surface area (Å²) in [5.74, 6) is 0.646. The number of hydrogen-bond acceptors (Lipinski definition) is 7. The number of fused-ring (bicyclic) bond motifs is 1. The molecular formula is C25H28ClN5O3S. The molecule has 0 radical (unpaired) electrons. The van der Waals surface area contributed by atoms with Crippen LogP contribution in [-0.2, 0) is 20.0 Å². The highest BCUT2D eigenvalue weighted by atomic mass is 35.5. The van der Waals surface area contributed by atoms with Crippen LogP contribution in [0.1, 0.15) is 39.2 Å². The van der Waals surface area contributed by atoms with Gasteiger partial charge in [-0.15, -0.1) is 0 Å². The van der Waals surface area contributed by atoms with E-state index in [-0.39, 0.29) is 33.0 Å². The second kappa shape index (κ2) is 9.47. The SMILES string of the molecule is CCN1C(=O)CCC(C)(C)c2ccc(Nc3ncc(Cl)c(Nc4ccccc4S(C)(=O)=O)n3)cc21. The van der Waals surface area contributed by atoms with E-state index in [1.807, 2.05) is 30.0 Å². The molecule has 8 nitrogen and oxygen atoms in total. The van der Waals surface area contributed by atoms with Gasteiger partial charge in [0, 0.05) is 30.6 Å². The summed E-state index contributed by atoms with van der Waals surface area (Å²) in [6.07, 6.45) is 3.87. The molecule has 0 atom stereocenters. The van der Waals surface area contributed by atoms with Crippen molar-refractivity contribution < 1.29 is 13.2 Å². The second-order valence-corrected chi connectivity index (χ2v) is 11.6. The first-order valence-corrected chi connectivity index (χ1v) is 13.6. The maximum atomic E-state index is 12.7. The number of anilines is 5. The first-order valence-electron chi connectivity index (χ1n) is 11.3. The van der Waals surface area contributed by atoms with Gasteiger partial charge in [0.05, 0.1) is 16.8 Å². The van der Waals surface area contributed by atoms with Crippen molar-refractivity contribution >= 4 is 56.2 Å². The highest BCUT2D eigenvalue weighted by Gasteiger charge is 2.32. The van der Waals surface area contributed by atoms with E-state index in [0.29, 0.717) is 18.7 Å². The zero-order chi connectivity index (χ0) is 25.4. The van der Waals surface area contributed by atoms with Crippen molar-refractivity contribution in [1.82, 2.24) is 9.97 Å². The fraction of sp³-hybridized carbons (Fsp3) is 0.320. The molecule has 4 rings (SSSR count). The van der Waals surface area contributed by atoms with Gasteiger partial charge >= 0.3 is 0 Å². The molecule has 1 aliphatic rings. The van der Waals surface area contributed by atoms with Gasteiger partial charge in [-0.25, -0.2) is 13.4 Å². The van der Waals surface area contributed by atoms with Crippen LogP contribution in [0.15, 0.2) is 53.6 Å². The number of nitrogens with zero attached hydrogens (tertiary/aromatic N) is 3. The van der Waals surface area contributed by atoms with E-state index in [4.69, 9.17) is 11.6 Å². The van der Waals surface area contributed by atoms with Crippen molar-refractivity contribution in [2.45, 2.75) is 43.9 Å². The summed E-state index contributed by atoms with van der Waals surface area (Å²) in [4.78, 5) is 23.4. The third kappa shape index (κ3) is 5.26. The van der Waals surface area contributed by atoms with E-state index in [9.17, 15) is 13.2 Å². The van der Waals surface area contributed by atoms with Crippen LogP contribution in [0.5, 0.6) is 0 Å². The summed E-state index contributed by atoms with van der Waals surface area (Å²) in [5.41, 5.74) is 2.95. The van der Waals surface area contributed by atoms with Crippen LogP contribution in [0.3, 0.4) is 0 Å². The summed E-state index contributed by atoms with van der Waals surface area (Å²) < 4.78 is 24.3. The van der Waals surface area contributed by atoms with Gasteiger partial charge in [-0.2, -0.15) is 4.98 Å². The normalized spacial score (nSPS) is 15.3. The molecule has 0 bridgehead atoms. The molecule has 0 spiro atoms. The molecule has 2 heterocycles. The molecule has 0 fully saturated rings. The highest BCUT2D eigenvalue weighted by molar-refractivity contribution is 7.90. The number of hydrogen-bond donors (Lipinski definition) is 2. The number of carbonyl (C=O) groups excluding carboxylic acids is 1. The molecule has 184 valence electrons. The van der Waals surface area contributed by atoms with E-state index in [1.165, 1.54) is 12.3 Å². The Morgan fingerprint density at radius 2 is 1.89 bits per heavy atom. The van der Waals surface area contributed by atoms with E-state index < -0.39 is 9.84 Å². The summed E-state index contributed by atoms with van der Waals surface area (Å²) in [6, 6.07) is 12.5. The number of sulfone groups is 1. The Bertz CT molecular complexity index is 1390. The molecular weight excluding hydrogens is 486 g/mol. The van der Waals surface area contributed by atoms with Gasteiger partial charge in [0.15, 0.2) is 15.7 Å². The predicted octanol–water partition coefficient (Wildman–Crippen LogP) is 5.45. The topological polar surface area (TPSA) is 104 Å². The smallest absolute Gasteiger partial charge is 0.229 e. The number of amides is 1. The fourth-order valence-electron chi connectivity index (χ4n) is 4.24. The number of carbonyl (C=O) groups is 1. The monoisotopic (exact) mass is 513 g/mol. The lowest BCUT2D eigenvalue weighted by molar-refractivity contribution is -0.118. The molecule has 2 aromatic carbocycles. The van der Waals surface area contributed by atoms with Gasteiger partial charge in [0.25, 0.3) is 0 Å². The molecule has 1 aromatic heterocycles. The lowest BCUT2D eigenvalue weighted by Gasteiger charge is -2.27. The van der Waals surface area contributed by atoms with Crippen LogP contribution in [-0.4, -0.2) is 37.1 Å². The van der Waals surface area contributed by atoms with Crippen LogP contribution in [0.4, 0.5) is 28.8 Å². The van der Waals surface area contributed by atoms with Crippen LogP contribution >= 0.6 is 11.6 Å². The molecule has 3 aromatic rings. The number of halogens is 1. The summed E-state index contributed by atoms with van der Waals surface area (Å²) in [6.45, 7) is 6.85. The molecule has 1 aliphatic heterocycles. The molecule has 1 amide bonds. The van der Waals surface area contributed by atoms with E-state index in [0.717, 1.165) is 29.6 Å². The van der Waals surface area contributed by atoms with Crippen LogP contribution in [0, 0.1) is 0 Å². The zero-order valence-electron chi connectivity index (χ0n) is 20.1. The lowest BCUT2D eigenvalue weighted by Crippen LogP contribution is -2.29. The lowest BCUT2D eigenvalue weighted by atomic mass is 9.80. The maximum Gasteiger partial charge on any atom is 0.229 e. The van der Waals surface area contributed by atoms with E-state index in [2.05, 4.69) is 34.4 Å². The number of rotatable bonds is 6. The van der Waals surface area contributed by atoms with Gasteiger partial charge in [0.2, 0.25) is 11.9 Å². The van der Waals surface area contributed by atoms with Crippen molar-refractivity contribution in [3.63, 3.8) is 0 Å². The standard InChI is InChI=1S/C25H28ClN5O3S/c1-5-31-20-14-16(10-11-17(20)25(2,3)13-12-22(31)32)28-24-27-15-18(26)23(30-24)29-19-8-6-7-9-21(19)35(4,33)34/h6-11,14-15H,5,12-13H2,1-4H3,(H2,27,28,29,30). The summed E-state index contributed by atoms with van der Waals surface area (Å²) in [7, 11) is -3.46. The van der Waals surface area contributed by atoms with Crippen LogP contribution < -0.4 is 15.5 Å². The number of aromatic nitrogens is 2. The Hall–Kier alpha value is -3.17. The minimum atomic E-state index is -3.46. The molecule has 10 heteroatoms. The molecule has 0 saturated heterocycles. The highest BCUT2D eigenvalue weighted by Crippen LogP contribution is 2.40. The molecule has 2 N–H and O–H groups in total. The molecule has 0 aliphatic carbocycles. The van der Waals surface area contributed by atoms with Crippen molar-refractivity contribution in [2.75, 3.05) is 28.3 Å². The van der Waals surface area contributed by atoms with E-state index >= 15 is 0 Å². The average molecular weight is 514 g/mol. The van der Waals surface area contributed by atoms with E-state index in [1.54, 1.807) is 18.2 Å². The Kier molecular flexibility index (Phi) is 6.75. The minimum Gasteiger partial charge on any atom is -0.338 e. The quantitative estimate of drug-likeness (QED) is 0.452. The zero-order valence-corrected chi connectivity index (χ0v) is 21.7. The fourth-order valence-corrected chi connectivity index (χ4v) is 5.22. The van der Waals surface area contributed by atoms with Crippen LogP contribution in [0.2, 0.25) is 5.02 Å². The number of benzene rings is 2. The van der Waals surface area contributed by atoms with Crippen molar-refractivity contribution in [1.29, 1.82) is 0 Å². The van der Waals surface area contributed by atoms with Crippen LogP contribution in [0.25, 0.3) is 0 Å². The number of nitrogens with one attached hydrogen (secondary N) is 2. The maximum absolute atomic E-state index is 12.7. The largest absolute Gasteiger partial charge is 0.338 e. The first kappa shape index (κ1) is 24.9. The van der Waals surface area contributed by atoms with Crippen molar-refractivity contribution in [3.05, 3.63) is 59.2 Å². The molecule has 35 heavy (non-hydrogen) atoms. The third-order valence-corrected chi connectivity index (χ3v) is 7.57. The first-order chi connectivity index (χ1) is 16.5. The summed E-state index contributed by atoms with van der Waals surface area (Å²) >= 11 is 6.31. The Labute approximate surface area is 210 Å². The van der Waals surface area contributed by atoms with Gasteiger partial charge < -0.3 is 15.5 Å². The van der Waals surface area contributed by atoms with Gasteiger partial charge in [-0.05, 0) is 48.6 Å². The second-order valence-electron chi connectivity index (χ2n) is 9.16. The van der Waals surface area contributed by atoms with Crippen molar-refractivity contribution in [2.24, 2.45) is 0 Å². The van der Waals surface area contributed by atoms with Gasteiger partial charge in [-0.3, -0.25) is 4.79 Å². The minimum absolute atomic E-state index is 0.107. The predicted molar refractivity (Wildman–Crippen MR) is 140 cm³/mol. The summed E-state index contributed by atoms with van der Waals surface area (Å²) in [5, 5.41) is 6.43. The Balaban J connectivity index is 1.67. The molecule has 0 saturated carbocycles. The molecule has 0 unspecified atom stereocenters. The average Bonchev–Trinajstić information content (AvgIpc) is 2.89.